The van der Waals surface area contributed by atoms with Crippen molar-refractivity contribution in [2.45, 2.75) is 6.42 Å². The van der Waals surface area contributed by atoms with Crippen LogP contribution in [0.15, 0.2) is 17.3 Å². The molecule has 0 atom stereocenters. The van der Waals surface area contributed by atoms with Crippen LogP contribution in [-0.2, 0) is 0 Å². The van der Waals surface area contributed by atoms with Gasteiger partial charge in [0.2, 0.25) is 0 Å². The molecule has 1 aromatic rings. The number of hydrogen-bond acceptors (Lipinski definition) is 3. The van der Waals surface area contributed by atoms with Gasteiger partial charge in [0.25, 0.3) is 0 Å². The average Bonchev–Trinajstić information content (AvgIpc) is 2.23. The van der Waals surface area contributed by atoms with E-state index in [0.29, 0.717) is 40.1 Å². The van der Waals surface area contributed by atoms with Crippen molar-refractivity contribution in [2.24, 2.45) is 5.16 Å². The molecule has 1 aliphatic rings. The third-order valence-corrected chi connectivity index (χ3v) is 2.67. The molecule has 3 nitrogen and oxygen atoms in total. The van der Waals surface area contributed by atoms with Gasteiger partial charge in [-0.25, -0.2) is 0 Å². The minimum absolute atomic E-state index is 0.451. The Morgan fingerprint density at radius 1 is 1.29 bits per heavy atom. The van der Waals surface area contributed by atoms with E-state index in [4.69, 9.17) is 33.1 Å². The van der Waals surface area contributed by atoms with E-state index in [-0.39, 0.29) is 0 Å². The van der Waals surface area contributed by atoms with E-state index in [2.05, 4.69) is 5.16 Å². The highest BCUT2D eigenvalue weighted by Gasteiger charge is 2.22. The summed E-state index contributed by atoms with van der Waals surface area (Å²) in [5.74, 6) is 0.498. The van der Waals surface area contributed by atoms with E-state index in [0.717, 1.165) is 0 Å². The minimum atomic E-state index is 0.451. The molecule has 0 saturated carbocycles. The second kappa shape index (κ2) is 3.67. The van der Waals surface area contributed by atoms with Crippen LogP contribution in [0, 0.1) is 0 Å². The summed E-state index contributed by atoms with van der Waals surface area (Å²) in [5, 5.41) is 12.9. The van der Waals surface area contributed by atoms with Crippen LogP contribution >= 0.6 is 23.2 Å². The zero-order chi connectivity index (χ0) is 10.1. The highest BCUT2D eigenvalue weighted by molar-refractivity contribution is 6.37. The van der Waals surface area contributed by atoms with Crippen molar-refractivity contribution in [2.75, 3.05) is 6.61 Å². The van der Waals surface area contributed by atoms with E-state index in [1.165, 1.54) is 0 Å². The molecule has 74 valence electrons. The van der Waals surface area contributed by atoms with Crippen molar-refractivity contribution in [3.63, 3.8) is 0 Å². The number of benzene rings is 1. The summed E-state index contributed by atoms with van der Waals surface area (Å²) in [6.45, 7) is 0.451. The molecule has 5 heteroatoms. The maximum atomic E-state index is 8.78. The number of oxime groups is 1. The van der Waals surface area contributed by atoms with Crippen LogP contribution in [0.1, 0.15) is 12.0 Å². The summed E-state index contributed by atoms with van der Waals surface area (Å²) in [5.41, 5.74) is 1.10. The Morgan fingerprint density at radius 3 is 2.71 bits per heavy atom. The van der Waals surface area contributed by atoms with Gasteiger partial charge in [-0.05, 0) is 12.1 Å². The van der Waals surface area contributed by atoms with Crippen LogP contribution in [0.4, 0.5) is 0 Å². The summed E-state index contributed by atoms with van der Waals surface area (Å²) in [7, 11) is 0. The van der Waals surface area contributed by atoms with Gasteiger partial charge in [-0.3, -0.25) is 0 Å². The number of ether oxygens (including phenoxy) is 1. The molecule has 2 rings (SSSR count). The first-order valence-electron chi connectivity index (χ1n) is 4.06. The fourth-order valence-electron chi connectivity index (χ4n) is 1.42. The predicted octanol–water partition coefficient (Wildman–Crippen LogP) is 2.95. The molecule has 0 radical (unpaired) electrons. The third-order valence-electron chi connectivity index (χ3n) is 2.05. The van der Waals surface area contributed by atoms with Gasteiger partial charge in [0.1, 0.15) is 5.75 Å². The quantitative estimate of drug-likeness (QED) is 0.551. The van der Waals surface area contributed by atoms with E-state index in [1.807, 2.05) is 0 Å². The lowest BCUT2D eigenvalue weighted by Crippen LogP contribution is -2.17. The lowest BCUT2D eigenvalue weighted by atomic mass is 10.0. The number of rotatable bonds is 0. The van der Waals surface area contributed by atoms with Crippen LogP contribution in [-0.4, -0.2) is 17.5 Å². The molecule has 1 aliphatic heterocycles. The van der Waals surface area contributed by atoms with Crippen LogP contribution < -0.4 is 4.74 Å². The average molecular weight is 232 g/mol. The predicted molar refractivity (Wildman–Crippen MR) is 54.9 cm³/mol. The maximum Gasteiger partial charge on any atom is 0.148 e. The molecule has 1 heterocycles. The van der Waals surface area contributed by atoms with Crippen molar-refractivity contribution < 1.29 is 9.94 Å². The molecule has 1 aromatic carbocycles. The first kappa shape index (κ1) is 9.62. The monoisotopic (exact) mass is 231 g/mol. The fourth-order valence-corrected chi connectivity index (χ4v) is 1.89. The Hall–Kier alpha value is -0.930. The van der Waals surface area contributed by atoms with Crippen LogP contribution in [0.3, 0.4) is 0 Å². The molecule has 0 bridgehead atoms. The molecule has 0 saturated heterocycles. The molecule has 0 aromatic heterocycles. The lowest BCUT2D eigenvalue weighted by molar-refractivity contribution is 0.298. The van der Waals surface area contributed by atoms with Gasteiger partial charge in [-0.2, -0.15) is 0 Å². The number of fused-ring (bicyclic) bond motifs is 1. The molecule has 0 fully saturated rings. The fraction of sp³-hybridized carbons (Fsp3) is 0.222. The Morgan fingerprint density at radius 2 is 2.00 bits per heavy atom. The van der Waals surface area contributed by atoms with Gasteiger partial charge in [0.15, 0.2) is 0 Å². The first-order chi connectivity index (χ1) is 6.74. The van der Waals surface area contributed by atoms with Crippen molar-refractivity contribution in [3.05, 3.63) is 27.7 Å². The highest BCUT2D eigenvalue weighted by Crippen LogP contribution is 2.37. The summed E-state index contributed by atoms with van der Waals surface area (Å²) in [6.07, 6.45) is 0.531. The minimum Gasteiger partial charge on any atom is -0.491 e. The zero-order valence-corrected chi connectivity index (χ0v) is 8.64. The second-order valence-corrected chi connectivity index (χ2v) is 3.69. The van der Waals surface area contributed by atoms with Crippen LogP contribution in [0.2, 0.25) is 10.0 Å². The maximum absolute atomic E-state index is 8.78. The molecular weight excluding hydrogens is 225 g/mol. The third kappa shape index (κ3) is 1.42. The van der Waals surface area contributed by atoms with Gasteiger partial charge in [0.05, 0.1) is 27.9 Å². The SMILES string of the molecule is O/N=C1\CCOc2c(Cl)ccc(Cl)c21. The Labute approximate surface area is 90.9 Å². The molecule has 0 spiro atoms. The van der Waals surface area contributed by atoms with Crippen molar-refractivity contribution in [1.29, 1.82) is 0 Å². The Balaban J connectivity index is 2.67. The second-order valence-electron chi connectivity index (χ2n) is 2.88. The zero-order valence-electron chi connectivity index (χ0n) is 7.13. The molecule has 0 aliphatic carbocycles. The van der Waals surface area contributed by atoms with Gasteiger partial charge < -0.3 is 9.94 Å². The van der Waals surface area contributed by atoms with Gasteiger partial charge in [-0.1, -0.05) is 28.4 Å². The van der Waals surface area contributed by atoms with E-state index >= 15 is 0 Å². The van der Waals surface area contributed by atoms with E-state index in [9.17, 15) is 0 Å². The highest BCUT2D eigenvalue weighted by atomic mass is 35.5. The normalized spacial score (nSPS) is 17.7. The van der Waals surface area contributed by atoms with Gasteiger partial charge >= 0.3 is 0 Å². The Kier molecular flexibility index (Phi) is 2.52. The van der Waals surface area contributed by atoms with E-state index < -0.39 is 0 Å². The van der Waals surface area contributed by atoms with Crippen molar-refractivity contribution >= 4 is 28.9 Å². The molecular formula is C9H7Cl2NO2. The molecule has 0 amide bonds. The van der Waals surface area contributed by atoms with Gasteiger partial charge in [-0.15, -0.1) is 0 Å². The Bertz CT molecular complexity index is 404. The first-order valence-corrected chi connectivity index (χ1v) is 4.81. The number of nitrogens with zero attached hydrogens (tertiary/aromatic N) is 1. The summed E-state index contributed by atoms with van der Waals surface area (Å²) < 4.78 is 5.36. The van der Waals surface area contributed by atoms with Gasteiger partial charge in [0, 0.05) is 6.42 Å². The summed E-state index contributed by atoms with van der Waals surface area (Å²) in [4.78, 5) is 0. The summed E-state index contributed by atoms with van der Waals surface area (Å²) in [6, 6.07) is 3.31. The number of halogens is 2. The van der Waals surface area contributed by atoms with E-state index in [1.54, 1.807) is 12.1 Å². The van der Waals surface area contributed by atoms with Crippen molar-refractivity contribution in [3.8, 4) is 5.75 Å². The number of hydrogen-bond donors (Lipinski definition) is 1. The molecule has 1 N–H and O–H groups in total. The smallest absolute Gasteiger partial charge is 0.148 e. The lowest BCUT2D eigenvalue weighted by Gasteiger charge is -2.20. The van der Waals surface area contributed by atoms with Crippen molar-refractivity contribution in [1.82, 2.24) is 0 Å². The largest absolute Gasteiger partial charge is 0.491 e. The molecule has 0 unspecified atom stereocenters. The molecule has 14 heavy (non-hydrogen) atoms. The summed E-state index contributed by atoms with van der Waals surface area (Å²) >= 11 is 11.9. The topological polar surface area (TPSA) is 41.8 Å². The standard InChI is InChI=1S/C9H7Cl2NO2/c10-5-1-2-6(11)9-8(5)7(12-13)3-4-14-9/h1-2,13H,3-4H2/b12-7+. The van der Waals surface area contributed by atoms with Crippen LogP contribution in [0.25, 0.3) is 0 Å². The van der Waals surface area contributed by atoms with Crippen LogP contribution in [0.5, 0.6) is 5.75 Å².